The number of nitrogens with one attached hydrogen (secondary N) is 1. The number of benzene rings is 1. The van der Waals surface area contributed by atoms with Crippen LogP contribution in [0, 0.1) is 13.8 Å². The van der Waals surface area contributed by atoms with Gasteiger partial charge in [-0.05, 0) is 37.6 Å². The van der Waals surface area contributed by atoms with E-state index >= 15 is 0 Å². The van der Waals surface area contributed by atoms with Gasteiger partial charge in [-0.15, -0.1) is 0 Å². The molecule has 118 valence electrons. The highest BCUT2D eigenvalue weighted by Crippen LogP contribution is 2.23. The number of pyridine rings is 1. The van der Waals surface area contributed by atoms with Crippen LogP contribution in [-0.4, -0.2) is 20.7 Å². The quantitative estimate of drug-likeness (QED) is 0.439. The number of hydrogen-bond donors (Lipinski definition) is 2. The van der Waals surface area contributed by atoms with Gasteiger partial charge < -0.3 is 0 Å². The maximum Gasteiger partial charge on any atom is 0.266 e. The standard InChI is InChI=1S/C16H16ClN5O/c1-9-7-13(16(23)20-18)14-10(2)21-22(15(14)19-9)8-11-3-5-12(17)6-4-11/h3-7H,8,18H2,1-2H3,(H,20,23). The molecule has 0 bridgehead atoms. The third-order valence-electron chi connectivity index (χ3n) is 3.63. The molecule has 0 radical (unpaired) electrons. The van der Waals surface area contributed by atoms with Gasteiger partial charge in [0, 0.05) is 10.7 Å². The normalized spacial score (nSPS) is 11.0. The number of nitrogen functional groups attached to an aromatic ring is 1. The SMILES string of the molecule is Cc1cc(C(=O)NN)c2c(C)nn(Cc3ccc(Cl)cc3)c2n1. The second kappa shape index (κ2) is 5.98. The van der Waals surface area contributed by atoms with Crippen molar-refractivity contribution in [1.29, 1.82) is 0 Å². The molecule has 0 atom stereocenters. The Morgan fingerprint density at radius 1 is 1.30 bits per heavy atom. The van der Waals surface area contributed by atoms with Gasteiger partial charge in [0.25, 0.3) is 5.91 Å². The highest BCUT2D eigenvalue weighted by molar-refractivity contribution is 6.30. The van der Waals surface area contributed by atoms with Crippen molar-refractivity contribution in [2.45, 2.75) is 20.4 Å². The third-order valence-corrected chi connectivity index (χ3v) is 3.88. The van der Waals surface area contributed by atoms with E-state index in [1.54, 1.807) is 10.7 Å². The van der Waals surface area contributed by atoms with Crippen molar-refractivity contribution in [3.05, 3.63) is 57.9 Å². The largest absolute Gasteiger partial charge is 0.290 e. The van der Waals surface area contributed by atoms with E-state index in [0.717, 1.165) is 17.0 Å². The smallest absolute Gasteiger partial charge is 0.266 e. The van der Waals surface area contributed by atoms with E-state index in [2.05, 4.69) is 15.5 Å². The predicted molar refractivity (Wildman–Crippen MR) is 89.2 cm³/mol. The van der Waals surface area contributed by atoms with Crippen LogP contribution in [0.15, 0.2) is 30.3 Å². The summed E-state index contributed by atoms with van der Waals surface area (Å²) >= 11 is 5.92. The molecular formula is C16H16ClN5O. The van der Waals surface area contributed by atoms with Crippen molar-refractivity contribution in [2.24, 2.45) is 5.84 Å². The van der Waals surface area contributed by atoms with Crippen molar-refractivity contribution in [3.63, 3.8) is 0 Å². The predicted octanol–water partition coefficient (Wildman–Crippen LogP) is 2.35. The van der Waals surface area contributed by atoms with E-state index in [9.17, 15) is 4.79 Å². The van der Waals surface area contributed by atoms with Crippen LogP contribution in [0.4, 0.5) is 0 Å². The lowest BCUT2D eigenvalue weighted by Gasteiger charge is -2.06. The summed E-state index contributed by atoms with van der Waals surface area (Å²) < 4.78 is 1.79. The average molecular weight is 330 g/mol. The summed E-state index contributed by atoms with van der Waals surface area (Å²) in [7, 11) is 0. The average Bonchev–Trinajstić information content (AvgIpc) is 2.84. The highest BCUT2D eigenvalue weighted by Gasteiger charge is 2.18. The monoisotopic (exact) mass is 329 g/mol. The van der Waals surface area contributed by atoms with Gasteiger partial charge in [-0.1, -0.05) is 23.7 Å². The van der Waals surface area contributed by atoms with Gasteiger partial charge in [0.1, 0.15) is 0 Å². The molecule has 2 aromatic heterocycles. The number of halogens is 1. The third kappa shape index (κ3) is 2.91. The Labute approximate surface area is 138 Å². The number of aryl methyl sites for hydroxylation is 2. The molecule has 23 heavy (non-hydrogen) atoms. The first kappa shape index (κ1) is 15.5. The number of hydrazine groups is 1. The maximum absolute atomic E-state index is 12.0. The van der Waals surface area contributed by atoms with E-state index in [1.165, 1.54) is 0 Å². The van der Waals surface area contributed by atoms with E-state index in [-0.39, 0.29) is 5.91 Å². The Hall–Kier alpha value is -2.44. The van der Waals surface area contributed by atoms with Crippen LogP contribution in [0.3, 0.4) is 0 Å². The van der Waals surface area contributed by atoms with Gasteiger partial charge in [0.2, 0.25) is 0 Å². The molecule has 1 amide bonds. The summed E-state index contributed by atoms with van der Waals surface area (Å²) in [5.41, 5.74) is 5.83. The van der Waals surface area contributed by atoms with E-state index in [1.807, 2.05) is 38.1 Å². The molecule has 0 saturated carbocycles. The summed E-state index contributed by atoms with van der Waals surface area (Å²) in [5.74, 6) is 4.93. The zero-order valence-corrected chi connectivity index (χ0v) is 13.6. The number of aromatic nitrogens is 3. The molecule has 0 unspecified atom stereocenters. The van der Waals surface area contributed by atoms with Gasteiger partial charge in [-0.25, -0.2) is 15.5 Å². The molecule has 6 nitrogen and oxygen atoms in total. The Morgan fingerprint density at radius 3 is 2.65 bits per heavy atom. The van der Waals surface area contributed by atoms with Crippen LogP contribution >= 0.6 is 11.6 Å². The summed E-state index contributed by atoms with van der Waals surface area (Å²) in [6, 6.07) is 9.26. The van der Waals surface area contributed by atoms with Gasteiger partial charge in [0.05, 0.1) is 23.2 Å². The van der Waals surface area contributed by atoms with E-state index in [4.69, 9.17) is 17.4 Å². The first-order chi connectivity index (χ1) is 11.0. The van der Waals surface area contributed by atoms with Crippen molar-refractivity contribution in [3.8, 4) is 0 Å². The molecule has 2 heterocycles. The lowest BCUT2D eigenvalue weighted by atomic mass is 10.1. The van der Waals surface area contributed by atoms with Gasteiger partial charge in [-0.3, -0.25) is 10.2 Å². The second-order valence-electron chi connectivity index (χ2n) is 5.35. The fourth-order valence-corrected chi connectivity index (χ4v) is 2.73. The molecule has 3 N–H and O–H groups in total. The number of nitrogens with two attached hydrogens (primary N) is 1. The lowest BCUT2D eigenvalue weighted by molar-refractivity contribution is 0.0955. The van der Waals surface area contributed by atoms with Gasteiger partial charge in [-0.2, -0.15) is 5.10 Å². The minimum Gasteiger partial charge on any atom is -0.290 e. The van der Waals surface area contributed by atoms with Gasteiger partial charge in [0.15, 0.2) is 5.65 Å². The van der Waals surface area contributed by atoms with E-state index < -0.39 is 0 Å². The summed E-state index contributed by atoms with van der Waals surface area (Å²) in [6.07, 6.45) is 0. The number of carbonyl (C=O) groups excluding carboxylic acids is 1. The Balaban J connectivity index is 2.13. The van der Waals surface area contributed by atoms with Gasteiger partial charge >= 0.3 is 0 Å². The number of fused-ring (bicyclic) bond motifs is 1. The van der Waals surface area contributed by atoms with Crippen LogP contribution < -0.4 is 11.3 Å². The van der Waals surface area contributed by atoms with Crippen LogP contribution in [0.1, 0.15) is 27.3 Å². The minimum absolute atomic E-state index is 0.352. The van der Waals surface area contributed by atoms with Crippen LogP contribution in [0.2, 0.25) is 5.02 Å². The second-order valence-corrected chi connectivity index (χ2v) is 5.79. The van der Waals surface area contributed by atoms with Crippen LogP contribution in [-0.2, 0) is 6.54 Å². The van der Waals surface area contributed by atoms with Crippen molar-refractivity contribution >= 4 is 28.5 Å². The Morgan fingerprint density at radius 2 is 2.00 bits per heavy atom. The number of carbonyl (C=O) groups is 1. The molecule has 0 spiro atoms. The lowest BCUT2D eigenvalue weighted by Crippen LogP contribution is -2.30. The summed E-state index contributed by atoms with van der Waals surface area (Å²) in [4.78, 5) is 16.6. The molecule has 3 aromatic rings. The summed E-state index contributed by atoms with van der Waals surface area (Å²) in [5, 5.41) is 5.93. The van der Waals surface area contributed by atoms with Crippen molar-refractivity contribution < 1.29 is 4.79 Å². The molecule has 0 saturated heterocycles. The molecule has 0 aliphatic heterocycles. The summed E-state index contributed by atoms with van der Waals surface area (Å²) in [6.45, 7) is 4.23. The molecule has 0 aliphatic rings. The molecule has 7 heteroatoms. The Bertz CT molecular complexity index is 886. The molecule has 0 fully saturated rings. The number of amides is 1. The van der Waals surface area contributed by atoms with Crippen molar-refractivity contribution in [1.82, 2.24) is 20.2 Å². The fourth-order valence-electron chi connectivity index (χ4n) is 2.61. The first-order valence-electron chi connectivity index (χ1n) is 7.09. The van der Waals surface area contributed by atoms with Crippen molar-refractivity contribution in [2.75, 3.05) is 0 Å². The molecule has 3 rings (SSSR count). The minimum atomic E-state index is -0.352. The first-order valence-corrected chi connectivity index (χ1v) is 7.47. The zero-order valence-electron chi connectivity index (χ0n) is 12.8. The van der Waals surface area contributed by atoms with E-state index in [0.29, 0.717) is 28.2 Å². The molecular weight excluding hydrogens is 314 g/mol. The topological polar surface area (TPSA) is 85.8 Å². The number of nitrogens with zero attached hydrogens (tertiary/aromatic N) is 3. The number of rotatable bonds is 3. The maximum atomic E-state index is 12.0. The Kier molecular flexibility index (Phi) is 4.02. The molecule has 1 aromatic carbocycles. The zero-order chi connectivity index (χ0) is 16.6. The number of hydrogen-bond acceptors (Lipinski definition) is 4. The molecule has 0 aliphatic carbocycles. The van der Waals surface area contributed by atoms with Crippen LogP contribution in [0.25, 0.3) is 11.0 Å². The highest BCUT2D eigenvalue weighted by atomic mass is 35.5. The fraction of sp³-hybridized carbons (Fsp3) is 0.188. The van der Waals surface area contributed by atoms with Crippen LogP contribution in [0.5, 0.6) is 0 Å².